The van der Waals surface area contributed by atoms with Crippen molar-refractivity contribution in [1.82, 2.24) is 10.2 Å². The van der Waals surface area contributed by atoms with E-state index in [1.165, 1.54) is 18.4 Å². The number of likely N-dealkylation sites (tertiary alicyclic amines) is 1. The van der Waals surface area contributed by atoms with Crippen LogP contribution in [-0.4, -0.2) is 37.2 Å². The molecule has 27 heavy (non-hydrogen) atoms. The van der Waals surface area contributed by atoms with Gasteiger partial charge in [-0.05, 0) is 64.0 Å². The van der Waals surface area contributed by atoms with Crippen LogP contribution in [0.4, 0.5) is 0 Å². The van der Waals surface area contributed by atoms with Gasteiger partial charge in [0.2, 0.25) is 0 Å². The van der Waals surface area contributed by atoms with Gasteiger partial charge in [0.05, 0.1) is 18.9 Å². The minimum absolute atomic E-state index is 0.246. The molecule has 0 bridgehead atoms. The summed E-state index contributed by atoms with van der Waals surface area (Å²) in [6.07, 6.45) is 5.51. The van der Waals surface area contributed by atoms with Crippen molar-refractivity contribution in [2.75, 3.05) is 26.2 Å². The number of fused-ring (bicyclic) bond motifs is 1. The monoisotopic (exact) mass is 370 g/mol. The third-order valence-corrected chi connectivity index (χ3v) is 5.49. The summed E-state index contributed by atoms with van der Waals surface area (Å²) in [4.78, 5) is 2.52. The van der Waals surface area contributed by atoms with Crippen LogP contribution in [0.15, 0.2) is 34.9 Å². The predicted octanol–water partition coefficient (Wildman–Crippen LogP) is 3.93. The molecule has 0 aliphatic carbocycles. The van der Waals surface area contributed by atoms with Crippen LogP contribution < -0.4 is 14.8 Å². The lowest BCUT2D eigenvalue weighted by Gasteiger charge is -2.26. The first-order valence-electron chi connectivity index (χ1n) is 10.2. The summed E-state index contributed by atoms with van der Waals surface area (Å²) in [5, 5.41) is 3.63. The van der Waals surface area contributed by atoms with E-state index in [1.54, 1.807) is 6.26 Å². The summed E-state index contributed by atoms with van der Waals surface area (Å²) < 4.78 is 17.6. The number of hydrogen-bond donors (Lipinski definition) is 1. The van der Waals surface area contributed by atoms with Crippen LogP contribution in [0.1, 0.15) is 49.6 Å². The number of hydrogen-bond acceptors (Lipinski definition) is 5. The standard InChI is InChI=1S/C22H30N2O3/c1-3-25-21-12-17-11-16(2)27-22(17)13-18(21)14-23-15-19(20-7-6-10-26-20)24-8-4-5-9-24/h6-7,10,12-13,16,19,23H,3-5,8-9,11,14-15H2,1-2H3/t16-,19-/m0/s1. The molecule has 0 unspecified atom stereocenters. The molecular weight excluding hydrogens is 340 g/mol. The third kappa shape index (κ3) is 4.14. The van der Waals surface area contributed by atoms with Crippen LogP contribution >= 0.6 is 0 Å². The molecule has 2 atom stereocenters. The maximum Gasteiger partial charge on any atom is 0.124 e. The predicted molar refractivity (Wildman–Crippen MR) is 105 cm³/mol. The number of furan rings is 1. The van der Waals surface area contributed by atoms with E-state index in [0.29, 0.717) is 6.61 Å². The highest BCUT2D eigenvalue weighted by Crippen LogP contribution is 2.35. The Kier molecular flexibility index (Phi) is 5.69. The summed E-state index contributed by atoms with van der Waals surface area (Å²) >= 11 is 0. The van der Waals surface area contributed by atoms with E-state index in [2.05, 4.69) is 35.3 Å². The van der Waals surface area contributed by atoms with Gasteiger partial charge in [-0.15, -0.1) is 0 Å². The highest BCUT2D eigenvalue weighted by Gasteiger charge is 2.26. The minimum atomic E-state index is 0.246. The zero-order valence-corrected chi connectivity index (χ0v) is 16.4. The maximum absolute atomic E-state index is 5.94. The molecule has 2 aliphatic rings. The average Bonchev–Trinajstić information content (AvgIpc) is 3.40. The van der Waals surface area contributed by atoms with Gasteiger partial charge in [-0.25, -0.2) is 0 Å². The molecule has 1 saturated heterocycles. The third-order valence-electron chi connectivity index (χ3n) is 5.49. The van der Waals surface area contributed by atoms with Crippen LogP contribution in [0, 0.1) is 0 Å². The van der Waals surface area contributed by atoms with E-state index in [0.717, 1.165) is 55.4 Å². The molecule has 5 heteroatoms. The molecule has 0 amide bonds. The second-order valence-electron chi connectivity index (χ2n) is 7.54. The van der Waals surface area contributed by atoms with E-state index in [-0.39, 0.29) is 12.1 Å². The Morgan fingerprint density at radius 2 is 2.15 bits per heavy atom. The molecule has 1 N–H and O–H groups in total. The summed E-state index contributed by atoms with van der Waals surface area (Å²) in [7, 11) is 0. The van der Waals surface area contributed by atoms with Crippen molar-refractivity contribution >= 4 is 0 Å². The minimum Gasteiger partial charge on any atom is -0.494 e. The Morgan fingerprint density at radius 1 is 1.30 bits per heavy atom. The van der Waals surface area contributed by atoms with Gasteiger partial charge in [-0.3, -0.25) is 4.90 Å². The quantitative estimate of drug-likeness (QED) is 0.763. The van der Waals surface area contributed by atoms with Crippen molar-refractivity contribution in [3.05, 3.63) is 47.4 Å². The van der Waals surface area contributed by atoms with E-state index in [9.17, 15) is 0 Å². The zero-order chi connectivity index (χ0) is 18.6. The van der Waals surface area contributed by atoms with Gasteiger partial charge in [-0.2, -0.15) is 0 Å². The van der Waals surface area contributed by atoms with Crippen LogP contribution in [0.2, 0.25) is 0 Å². The Balaban J connectivity index is 1.45. The van der Waals surface area contributed by atoms with Crippen molar-refractivity contribution in [3.63, 3.8) is 0 Å². The summed E-state index contributed by atoms with van der Waals surface area (Å²) in [6.45, 7) is 8.71. The van der Waals surface area contributed by atoms with Gasteiger partial charge in [0.1, 0.15) is 23.4 Å². The average molecular weight is 370 g/mol. The number of nitrogens with one attached hydrogen (secondary N) is 1. The topological polar surface area (TPSA) is 46.9 Å². The van der Waals surface area contributed by atoms with Crippen molar-refractivity contribution in [1.29, 1.82) is 0 Å². The first-order valence-corrected chi connectivity index (χ1v) is 10.2. The summed E-state index contributed by atoms with van der Waals surface area (Å²) in [5.74, 6) is 3.02. The Bertz CT molecular complexity index is 738. The van der Waals surface area contributed by atoms with Gasteiger partial charge in [0.15, 0.2) is 0 Å². The summed E-state index contributed by atoms with van der Waals surface area (Å²) in [6, 6.07) is 8.65. The smallest absolute Gasteiger partial charge is 0.124 e. The maximum atomic E-state index is 5.94. The first-order chi connectivity index (χ1) is 13.2. The van der Waals surface area contributed by atoms with Gasteiger partial charge < -0.3 is 19.2 Å². The van der Waals surface area contributed by atoms with Gasteiger partial charge in [0.25, 0.3) is 0 Å². The molecule has 0 spiro atoms. The molecule has 146 valence electrons. The SMILES string of the molecule is CCOc1cc2c(cc1CNC[C@@H](c1ccco1)N1CCCC1)O[C@@H](C)C2. The van der Waals surface area contributed by atoms with Crippen molar-refractivity contribution < 1.29 is 13.9 Å². The van der Waals surface area contributed by atoms with Crippen molar-refractivity contribution in [3.8, 4) is 11.5 Å². The second kappa shape index (κ2) is 8.36. The van der Waals surface area contributed by atoms with Gasteiger partial charge in [-0.1, -0.05) is 0 Å². The Hall–Kier alpha value is -1.98. The summed E-state index contributed by atoms with van der Waals surface area (Å²) in [5.41, 5.74) is 2.41. The number of ether oxygens (including phenoxy) is 2. The molecule has 1 aromatic heterocycles. The fourth-order valence-electron chi connectivity index (χ4n) is 4.20. The molecule has 2 aromatic rings. The second-order valence-corrected chi connectivity index (χ2v) is 7.54. The molecule has 4 rings (SSSR count). The van der Waals surface area contributed by atoms with E-state index < -0.39 is 0 Å². The molecule has 1 fully saturated rings. The largest absolute Gasteiger partial charge is 0.494 e. The van der Waals surface area contributed by atoms with Gasteiger partial charge >= 0.3 is 0 Å². The molecule has 0 saturated carbocycles. The molecule has 1 aromatic carbocycles. The lowest BCUT2D eigenvalue weighted by molar-refractivity contribution is 0.209. The lowest BCUT2D eigenvalue weighted by atomic mass is 10.1. The first kappa shape index (κ1) is 18.4. The van der Waals surface area contributed by atoms with Crippen LogP contribution in [0.3, 0.4) is 0 Å². The van der Waals surface area contributed by atoms with E-state index in [4.69, 9.17) is 13.9 Å². The highest BCUT2D eigenvalue weighted by atomic mass is 16.5. The molecule has 3 heterocycles. The van der Waals surface area contributed by atoms with Crippen molar-refractivity contribution in [2.24, 2.45) is 0 Å². The molecule has 0 radical (unpaired) electrons. The Labute approximate surface area is 161 Å². The van der Waals surface area contributed by atoms with Crippen molar-refractivity contribution in [2.45, 2.75) is 51.8 Å². The number of benzene rings is 1. The van der Waals surface area contributed by atoms with E-state index in [1.807, 2.05) is 13.0 Å². The number of rotatable bonds is 8. The fourth-order valence-corrected chi connectivity index (χ4v) is 4.20. The zero-order valence-electron chi connectivity index (χ0n) is 16.4. The highest BCUT2D eigenvalue weighted by molar-refractivity contribution is 5.48. The lowest BCUT2D eigenvalue weighted by Crippen LogP contribution is -2.33. The Morgan fingerprint density at radius 3 is 2.89 bits per heavy atom. The molecule has 5 nitrogen and oxygen atoms in total. The van der Waals surface area contributed by atoms with E-state index >= 15 is 0 Å². The number of nitrogens with zero attached hydrogens (tertiary/aromatic N) is 1. The normalized spacial score (nSPS) is 20.4. The van der Waals surface area contributed by atoms with Crippen LogP contribution in [-0.2, 0) is 13.0 Å². The molecule has 2 aliphatic heterocycles. The van der Waals surface area contributed by atoms with Gasteiger partial charge in [0, 0.05) is 30.6 Å². The van der Waals surface area contributed by atoms with Crippen LogP contribution in [0.25, 0.3) is 0 Å². The fraction of sp³-hybridized carbons (Fsp3) is 0.545. The molecular formula is C22H30N2O3. The van der Waals surface area contributed by atoms with Crippen LogP contribution in [0.5, 0.6) is 11.5 Å².